The molecule has 18 heavy (non-hydrogen) atoms. The molecule has 0 aliphatic heterocycles. The number of aliphatic hydroxyl groups is 1. The molecule has 6 nitrogen and oxygen atoms in total. The van der Waals surface area contributed by atoms with E-state index >= 15 is 0 Å². The summed E-state index contributed by atoms with van der Waals surface area (Å²) in [5.41, 5.74) is -0.147. The number of aliphatic hydroxyl groups excluding tert-OH is 1. The number of nitro groups is 1. The van der Waals surface area contributed by atoms with Crippen LogP contribution < -0.4 is 5.32 Å². The lowest BCUT2D eigenvalue weighted by Gasteiger charge is -2.13. The van der Waals surface area contributed by atoms with Crippen molar-refractivity contribution in [1.82, 2.24) is 5.32 Å². The molecule has 0 aliphatic rings. The van der Waals surface area contributed by atoms with Gasteiger partial charge in [0.05, 0.1) is 17.6 Å². The molecule has 1 aromatic rings. The number of nitrogens with zero attached hydrogens (tertiary/aromatic N) is 1. The first-order valence-electron chi connectivity index (χ1n) is 5.34. The van der Waals surface area contributed by atoms with Gasteiger partial charge >= 0.3 is 0 Å². The molecule has 1 amide bonds. The summed E-state index contributed by atoms with van der Waals surface area (Å²) in [5.74, 6) is -0.499. The zero-order chi connectivity index (χ0) is 13.7. The number of carbonyl (C=O) groups is 1. The van der Waals surface area contributed by atoms with Crippen molar-refractivity contribution in [3.8, 4) is 0 Å². The molecule has 7 heteroatoms. The van der Waals surface area contributed by atoms with Crippen molar-refractivity contribution < 1.29 is 14.8 Å². The Bertz CT molecular complexity index is 460. The first kappa shape index (κ1) is 14.4. The minimum atomic E-state index is -0.619. The van der Waals surface area contributed by atoms with E-state index in [1.807, 2.05) is 6.92 Å². The molecule has 0 aromatic heterocycles. The van der Waals surface area contributed by atoms with Gasteiger partial charge in [0, 0.05) is 22.7 Å². The molecular formula is C11H13ClN2O4. The van der Waals surface area contributed by atoms with Crippen molar-refractivity contribution >= 4 is 23.2 Å². The normalized spacial score (nSPS) is 11.9. The van der Waals surface area contributed by atoms with Crippen LogP contribution in [0.2, 0.25) is 5.02 Å². The third-order valence-corrected chi connectivity index (χ3v) is 2.62. The van der Waals surface area contributed by atoms with Crippen LogP contribution in [0.3, 0.4) is 0 Å². The van der Waals surface area contributed by atoms with Crippen molar-refractivity contribution in [1.29, 1.82) is 0 Å². The molecule has 2 N–H and O–H groups in total. The lowest BCUT2D eigenvalue weighted by Crippen LogP contribution is -2.36. The topological polar surface area (TPSA) is 92.5 Å². The molecule has 0 radical (unpaired) electrons. The number of hydrogen-bond acceptors (Lipinski definition) is 4. The summed E-state index contributed by atoms with van der Waals surface area (Å²) in [7, 11) is 0. The van der Waals surface area contributed by atoms with Crippen LogP contribution in [0.5, 0.6) is 0 Å². The molecule has 0 heterocycles. The number of hydrogen-bond donors (Lipinski definition) is 2. The van der Waals surface area contributed by atoms with Gasteiger partial charge in [0.1, 0.15) is 0 Å². The molecular weight excluding hydrogens is 260 g/mol. The molecule has 98 valence electrons. The van der Waals surface area contributed by atoms with Crippen LogP contribution in [0, 0.1) is 10.1 Å². The summed E-state index contributed by atoms with van der Waals surface area (Å²) in [6, 6.07) is 3.27. The summed E-state index contributed by atoms with van der Waals surface area (Å²) >= 11 is 5.71. The van der Waals surface area contributed by atoms with Gasteiger partial charge < -0.3 is 10.4 Å². The van der Waals surface area contributed by atoms with E-state index in [1.165, 1.54) is 12.1 Å². The average molecular weight is 273 g/mol. The van der Waals surface area contributed by atoms with Crippen LogP contribution in [-0.2, 0) is 0 Å². The lowest BCUT2D eigenvalue weighted by molar-refractivity contribution is -0.384. The highest BCUT2D eigenvalue weighted by Gasteiger charge is 2.16. The van der Waals surface area contributed by atoms with Crippen LogP contribution >= 0.6 is 11.6 Å². The molecule has 1 aromatic carbocycles. The Kier molecular flexibility index (Phi) is 5.06. The van der Waals surface area contributed by atoms with Crippen LogP contribution in [0.25, 0.3) is 0 Å². The number of rotatable bonds is 5. The Hall–Kier alpha value is -1.66. The van der Waals surface area contributed by atoms with E-state index in [2.05, 4.69) is 5.32 Å². The van der Waals surface area contributed by atoms with Crippen LogP contribution in [0.1, 0.15) is 23.7 Å². The molecule has 0 aliphatic carbocycles. The van der Waals surface area contributed by atoms with Gasteiger partial charge in [-0.25, -0.2) is 0 Å². The number of amides is 1. The quantitative estimate of drug-likeness (QED) is 0.631. The zero-order valence-corrected chi connectivity index (χ0v) is 10.5. The SMILES string of the molecule is CC[C@H](CO)NC(=O)c1cc(Cl)cc([N+](=O)[O-])c1. The first-order chi connectivity index (χ1) is 8.47. The van der Waals surface area contributed by atoms with E-state index in [1.54, 1.807) is 0 Å². The number of benzene rings is 1. The van der Waals surface area contributed by atoms with Gasteiger partial charge in [0.15, 0.2) is 0 Å². The van der Waals surface area contributed by atoms with Crippen molar-refractivity contribution in [2.75, 3.05) is 6.61 Å². The van der Waals surface area contributed by atoms with E-state index in [0.29, 0.717) is 6.42 Å². The van der Waals surface area contributed by atoms with E-state index in [-0.39, 0.29) is 28.9 Å². The summed E-state index contributed by atoms with van der Waals surface area (Å²) in [5, 5.41) is 22.3. The van der Waals surface area contributed by atoms with Crippen LogP contribution in [0.15, 0.2) is 18.2 Å². The lowest BCUT2D eigenvalue weighted by atomic mass is 10.1. The molecule has 0 saturated carbocycles. The second kappa shape index (κ2) is 6.32. The average Bonchev–Trinajstić information content (AvgIpc) is 2.34. The maximum absolute atomic E-state index is 11.8. The van der Waals surface area contributed by atoms with E-state index < -0.39 is 10.8 Å². The van der Waals surface area contributed by atoms with Gasteiger partial charge in [-0.1, -0.05) is 18.5 Å². The highest BCUT2D eigenvalue weighted by Crippen LogP contribution is 2.20. The first-order valence-corrected chi connectivity index (χ1v) is 5.72. The van der Waals surface area contributed by atoms with Crippen LogP contribution in [-0.4, -0.2) is 28.6 Å². The highest BCUT2D eigenvalue weighted by atomic mass is 35.5. The number of halogens is 1. The minimum Gasteiger partial charge on any atom is -0.394 e. The monoisotopic (exact) mass is 272 g/mol. The van der Waals surface area contributed by atoms with Gasteiger partial charge in [0.25, 0.3) is 11.6 Å². The number of nitro benzene ring substituents is 1. The Morgan fingerprint density at radius 2 is 2.22 bits per heavy atom. The number of nitrogens with one attached hydrogen (secondary N) is 1. The van der Waals surface area contributed by atoms with Crippen molar-refractivity contribution in [2.45, 2.75) is 19.4 Å². The van der Waals surface area contributed by atoms with Crippen molar-refractivity contribution in [2.24, 2.45) is 0 Å². The van der Waals surface area contributed by atoms with Gasteiger partial charge in [-0.2, -0.15) is 0 Å². The van der Waals surface area contributed by atoms with Gasteiger partial charge in [0.2, 0.25) is 0 Å². The fraction of sp³-hybridized carbons (Fsp3) is 0.364. The third-order valence-electron chi connectivity index (χ3n) is 2.40. The van der Waals surface area contributed by atoms with Crippen LogP contribution in [0.4, 0.5) is 5.69 Å². The molecule has 0 fully saturated rings. The second-order valence-electron chi connectivity index (χ2n) is 3.72. The van der Waals surface area contributed by atoms with Gasteiger partial charge in [-0.05, 0) is 12.5 Å². The molecule has 1 rings (SSSR count). The third kappa shape index (κ3) is 3.68. The molecule has 0 spiro atoms. The molecule has 0 saturated heterocycles. The fourth-order valence-corrected chi connectivity index (χ4v) is 1.59. The molecule has 0 unspecified atom stereocenters. The molecule has 1 atom stereocenters. The largest absolute Gasteiger partial charge is 0.394 e. The Morgan fingerprint density at radius 1 is 1.56 bits per heavy atom. The predicted molar refractivity (Wildman–Crippen MR) is 66.7 cm³/mol. The van der Waals surface area contributed by atoms with E-state index in [9.17, 15) is 14.9 Å². The summed E-state index contributed by atoms with van der Waals surface area (Å²) in [4.78, 5) is 21.8. The highest BCUT2D eigenvalue weighted by molar-refractivity contribution is 6.31. The minimum absolute atomic E-state index is 0.0982. The summed E-state index contributed by atoms with van der Waals surface area (Å²) < 4.78 is 0. The van der Waals surface area contributed by atoms with E-state index in [4.69, 9.17) is 16.7 Å². The van der Waals surface area contributed by atoms with Gasteiger partial charge in [-0.15, -0.1) is 0 Å². The maximum atomic E-state index is 11.8. The smallest absolute Gasteiger partial charge is 0.271 e. The van der Waals surface area contributed by atoms with E-state index in [0.717, 1.165) is 6.07 Å². The zero-order valence-electron chi connectivity index (χ0n) is 9.72. The number of carbonyl (C=O) groups excluding carboxylic acids is 1. The number of non-ortho nitro benzene ring substituents is 1. The van der Waals surface area contributed by atoms with Gasteiger partial charge in [-0.3, -0.25) is 14.9 Å². The Balaban J connectivity index is 2.95. The Morgan fingerprint density at radius 3 is 2.72 bits per heavy atom. The second-order valence-corrected chi connectivity index (χ2v) is 4.15. The Labute approximate surface area is 109 Å². The van der Waals surface area contributed by atoms with Crippen molar-refractivity contribution in [3.63, 3.8) is 0 Å². The predicted octanol–water partition coefficient (Wildman–Crippen LogP) is 1.75. The fourth-order valence-electron chi connectivity index (χ4n) is 1.36. The standard InChI is InChI=1S/C11H13ClN2O4/c1-2-9(6-15)13-11(16)7-3-8(12)5-10(4-7)14(17)18/h3-5,9,15H,2,6H2,1H3,(H,13,16)/t9-/m1/s1. The maximum Gasteiger partial charge on any atom is 0.271 e. The molecule has 0 bridgehead atoms. The summed E-state index contributed by atoms with van der Waals surface area (Å²) in [6.07, 6.45) is 0.560. The van der Waals surface area contributed by atoms with Crippen molar-refractivity contribution in [3.05, 3.63) is 38.9 Å². The summed E-state index contributed by atoms with van der Waals surface area (Å²) in [6.45, 7) is 1.62.